The van der Waals surface area contributed by atoms with Crippen molar-refractivity contribution in [3.8, 4) is 11.3 Å². The highest BCUT2D eigenvalue weighted by atomic mass is 19.4. The van der Waals surface area contributed by atoms with Crippen molar-refractivity contribution in [3.05, 3.63) is 35.7 Å². The summed E-state index contributed by atoms with van der Waals surface area (Å²) in [5, 5.41) is 0. The maximum Gasteiger partial charge on any atom is 0.416 e. The first-order chi connectivity index (χ1) is 9.51. The van der Waals surface area contributed by atoms with E-state index in [0.29, 0.717) is 5.82 Å². The summed E-state index contributed by atoms with van der Waals surface area (Å²) in [5.41, 5.74) is 5.31. The summed E-state index contributed by atoms with van der Waals surface area (Å²) in [6, 6.07) is 4.87. The Bertz CT molecular complexity index is 666. The van der Waals surface area contributed by atoms with Crippen molar-refractivity contribution >= 4 is 5.82 Å². The molecule has 114 valence electrons. The SMILES string of the molecule is CC(C)(C)c1nc(-c2cccc(C(F)(F)F)c2)c(N)n1N. The zero-order valence-electron chi connectivity index (χ0n) is 12.0. The highest BCUT2D eigenvalue weighted by molar-refractivity contribution is 5.72. The molecule has 1 aromatic carbocycles. The summed E-state index contributed by atoms with van der Waals surface area (Å²) < 4.78 is 39.5. The van der Waals surface area contributed by atoms with Gasteiger partial charge in [-0.15, -0.1) is 0 Å². The van der Waals surface area contributed by atoms with Crippen LogP contribution in [0, 0.1) is 0 Å². The highest BCUT2D eigenvalue weighted by Gasteiger charge is 2.31. The Hall–Kier alpha value is -2.18. The number of anilines is 1. The van der Waals surface area contributed by atoms with Crippen LogP contribution in [-0.4, -0.2) is 9.66 Å². The molecule has 2 rings (SSSR count). The number of rotatable bonds is 1. The van der Waals surface area contributed by atoms with Crippen molar-refractivity contribution < 1.29 is 13.2 Å². The van der Waals surface area contributed by atoms with E-state index in [1.54, 1.807) is 0 Å². The Balaban J connectivity index is 2.58. The number of hydrogen-bond acceptors (Lipinski definition) is 3. The molecule has 0 unspecified atom stereocenters. The van der Waals surface area contributed by atoms with Crippen LogP contribution >= 0.6 is 0 Å². The summed E-state index contributed by atoms with van der Waals surface area (Å²) in [4.78, 5) is 4.32. The third-order valence-corrected chi connectivity index (χ3v) is 3.08. The van der Waals surface area contributed by atoms with Gasteiger partial charge in [-0.1, -0.05) is 32.9 Å². The van der Waals surface area contributed by atoms with Crippen LogP contribution in [0.1, 0.15) is 32.2 Å². The molecule has 1 aromatic heterocycles. The average molecular weight is 298 g/mol. The molecule has 2 aromatic rings. The molecule has 0 saturated heterocycles. The molecular formula is C14H17F3N4. The lowest BCUT2D eigenvalue weighted by atomic mass is 9.96. The Kier molecular flexibility index (Phi) is 3.39. The fourth-order valence-corrected chi connectivity index (χ4v) is 2.03. The predicted molar refractivity (Wildman–Crippen MR) is 75.9 cm³/mol. The van der Waals surface area contributed by atoms with E-state index >= 15 is 0 Å². The molecule has 0 saturated carbocycles. The van der Waals surface area contributed by atoms with Crippen LogP contribution in [0.2, 0.25) is 0 Å². The summed E-state index contributed by atoms with van der Waals surface area (Å²) in [7, 11) is 0. The maximum absolute atomic E-state index is 12.8. The monoisotopic (exact) mass is 298 g/mol. The number of halogens is 3. The van der Waals surface area contributed by atoms with Crippen LogP contribution in [0.25, 0.3) is 11.3 Å². The van der Waals surface area contributed by atoms with E-state index in [1.165, 1.54) is 16.8 Å². The third kappa shape index (κ3) is 2.81. The maximum atomic E-state index is 12.8. The lowest BCUT2D eigenvalue weighted by Crippen LogP contribution is -2.24. The van der Waals surface area contributed by atoms with Gasteiger partial charge in [0.2, 0.25) is 0 Å². The molecule has 0 aliphatic heterocycles. The van der Waals surface area contributed by atoms with Gasteiger partial charge >= 0.3 is 6.18 Å². The Morgan fingerprint density at radius 2 is 1.76 bits per heavy atom. The number of aromatic nitrogens is 2. The van der Waals surface area contributed by atoms with Gasteiger partial charge in [0.25, 0.3) is 0 Å². The van der Waals surface area contributed by atoms with Gasteiger partial charge in [-0.2, -0.15) is 13.2 Å². The first kappa shape index (κ1) is 15.2. The van der Waals surface area contributed by atoms with Crippen LogP contribution in [0.15, 0.2) is 24.3 Å². The predicted octanol–water partition coefficient (Wildman–Crippen LogP) is 3.16. The molecule has 4 N–H and O–H groups in total. The van der Waals surface area contributed by atoms with E-state index in [1.807, 2.05) is 20.8 Å². The molecule has 0 amide bonds. The molecule has 21 heavy (non-hydrogen) atoms. The minimum Gasteiger partial charge on any atom is -0.382 e. The topological polar surface area (TPSA) is 69.9 Å². The van der Waals surface area contributed by atoms with E-state index in [-0.39, 0.29) is 22.5 Å². The van der Waals surface area contributed by atoms with Gasteiger partial charge < -0.3 is 11.6 Å². The van der Waals surface area contributed by atoms with Crippen molar-refractivity contribution in [2.45, 2.75) is 32.4 Å². The number of hydrogen-bond donors (Lipinski definition) is 2. The molecule has 0 aliphatic carbocycles. The molecular weight excluding hydrogens is 281 g/mol. The smallest absolute Gasteiger partial charge is 0.382 e. The largest absolute Gasteiger partial charge is 0.416 e. The van der Waals surface area contributed by atoms with Crippen molar-refractivity contribution in [1.29, 1.82) is 0 Å². The van der Waals surface area contributed by atoms with Crippen molar-refractivity contribution in [1.82, 2.24) is 9.66 Å². The quantitative estimate of drug-likeness (QED) is 0.794. The van der Waals surface area contributed by atoms with Crippen LogP contribution in [-0.2, 0) is 11.6 Å². The van der Waals surface area contributed by atoms with Crippen LogP contribution in [0.5, 0.6) is 0 Å². The molecule has 0 radical (unpaired) electrons. The highest BCUT2D eigenvalue weighted by Crippen LogP contribution is 2.34. The molecule has 4 nitrogen and oxygen atoms in total. The first-order valence-electron chi connectivity index (χ1n) is 6.33. The van der Waals surface area contributed by atoms with Gasteiger partial charge in [-0.3, -0.25) is 0 Å². The summed E-state index contributed by atoms with van der Waals surface area (Å²) in [6.45, 7) is 5.69. The third-order valence-electron chi connectivity index (χ3n) is 3.08. The molecule has 7 heteroatoms. The average Bonchev–Trinajstić information content (AvgIpc) is 2.65. The minimum atomic E-state index is -4.41. The van der Waals surface area contributed by atoms with E-state index in [2.05, 4.69) is 4.98 Å². The second-order valence-corrected chi connectivity index (χ2v) is 5.87. The lowest BCUT2D eigenvalue weighted by Gasteiger charge is -2.17. The first-order valence-corrected chi connectivity index (χ1v) is 6.33. The minimum absolute atomic E-state index is 0.138. The number of nitrogens with two attached hydrogens (primary N) is 2. The van der Waals surface area contributed by atoms with Gasteiger partial charge in [-0.05, 0) is 12.1 Å². The van der Waals surface area contributed by atoms with Crippen molar-refractivity contribution in [2.24, 2.45) is 0 Å². The lowest BCUT2D eigenvalue weighted by molar-refractivity contribution is -0.137. The van der Waals surface area contributed by atoms with E-state index in [9.17, 15) is 13.2 Å². The van der Waals surface area contributed by atoms with E-state index in [4.69, 9.17) is 11.6 Å². The van der Waals surface area contributed by atoms with E-state index in [0.717, 1.165) is 12.1 Å². The van der Waals surface area contributed by atoms with E-state index < -0.39 is 11.7 Å². The second kappa shape index (κ2) is 4.68. The number of benzene rings is 1. The normalized spacial score (nSPS) is 12.7. The zero-order valence-corrected chi connectivity index (χ0v) is 12.0. The van der Waals surface area contributed by atoms with Crippen molar-refractivity contribution in [2.75, 3.05) is 11.6 Å². The van der Waals surface area contributed by atoms with Crippen LogP contribution in [0.3, 0.4) is 0 Å². The van der Waals surface area contributed by atoms with Gasteiger partial charge in [0.15, 0.2) is 5.82 Å². The summed E-state index contributed by atoms with van der Waals surface area (Å²) in [5.74, 6) is 6.50. The zero-order chi connectivity index (χ0) is 16.0. The molecule has 0 spiro atoms. The van der Waals surface area contributed by atoms with Gasteiger partial charge in [0.1, 0.15) is 11.5 Å². The van der Waals surface area contributed by atoms with Gasteiger partial charge in [0.05, 0.1) is 5.56 Å². The fraction of sp³-hybridized carbons (Fsp3) is 0.357. The number of alkyl halides is 3. The fourth-order valence-electron chi connectivity index (χ4n) is 2.03. The molecule has 0 aliphatic rings. The standard InChI is InChI=1S/C14H17F3N4/c1-13(2,3)12-20-10(11(18)21(12)19)8-5-4-6-9(7-8)14(15,16)17/h4-7H,18-19H2,1-3H3. The van der Waals surface area contributed by atoms with Crippen LogP contribution < -0.4 is 11.6 Å². The van der Waals surface area contributed by atoms with Gasteiger partial charge in [-0.25, -0.2) is 9.66 Å². The summed E-state index contributed by atoms with van der Waals surface area (Å²) in [6.07, 6.45) is -4.41. The van der Waals surface area contributed by atoms with Crippen LogP contribution in [0.4, 0.5) is 19.0 Å². The second-order valence-electron chi connectivity index (χ2n) is 5.87. The Morgan fingerprint density at radius 1 is 1.14 bits per heavy atom. The Labute approximate surface area is 120 Å². The molecule has 0 atom stereocenters. The Morgan fingerprint density at radius 3 is 2.24 bits per heavy atom. The molecule has 1 heterocycles. The van der Waals surface area contributed by atoms with Gasteiger partial charge in [0, 0.05) is 11.0 Å². The number of imidazole rings is 1. The molecule has 0 fully saturated rings. The number of nitrogen functional groups attached to an aromatic ring is 2. The molecule has 0 bridgehead atoms. The van der Waals surface area contributed by atoms with Crippen molar-refractivity contribution in [3.63, 3.8) is 0 Å². The summed E-state index contributed by atoms with van der Waals surface area (Å²) >= 11 is 0. The number of nitrogens with zero attached hydrogens (tertiary/aromatic N) is 2.